The van der Waals surface area contributed by atoms with Gasteiger partial charge < -0.3 is 5.32 Å². The van der Waals surface area contributed by atoms with E-state index in [0.717, 1.165) is 17.1 Å². The summed E-state index contributed by atoms with van der Waals surface area (Å²) in [7, 11) is 0. The first kappa shape index (κ1) is 16.5. The second kappa shape index (κ2) is 7.13. The van der Waals surface area contributed by atoms with Crippen molar-refractivity contribution in [1.82, 2.24) is 20.1 Å². The molecular weight excluding hydrogens is 346 g/mol. The van der Waals surface area contributed by atoms with Crippen molar-refractivity contribution in [3.63, 3.8) is 0 Å². The molecule has 1 N–H and O–H groups in total. The Morgan fingerprint density at radius 2 is 2.12 bits per heavy atom. The molecule has 132 valence electrons. The zero-order valence-electron chi connectivity index (χ0n) is 14.4. The Labute approximate surface area is 155 Å². The molecule has 0 saturated heterocycles. The Morgan fingerprint density at radius 1 is 1.27 bits per heavy atom. The van der Waals surface area contributed by atoms with Gasteiger partial charge in [0.1, 0.15) is 11.9 Å². The molecule has 1 atom stereocenters. The van der Waals surface area contributed by atoms with Crippen LogP contribution in [0.25, 0.3) is 16.3 Å². The van der Waals surface area contributed by atoms with Crippen LogP contribution in [0.4, 0.5) is 0 Å². The highest BCUT2D eigenvalue weighted by Crippen LogP contribution is 2.28. The second-order valence-electron chi connectivity index (χ2n) is 5.93. The maximum atomic E-state index is 13.0. The first-order valence-corrected chi connectivity index (χ1v) is 9.43. The maximum absolute atomic E-state index is 13.0. The van der Waals surface area contributed by atoms with Crippen LogP contribution in [-0.4, -0.2) is 39.6 Å². The lowest BCUT2D eigenvalue weighted by atomic mass is 10.2. The van der Waals surface area contributed by atoms with Gasteiger partial charge in [-0.25, -0.2) is 4.68 Å². The predicted octanol–water partition coefficient (Wildman–Crippen LogP) is 3.37. The number of thiophene rings is 1. The van der Waals surface area contributed by atoms with Crippen molar-refractivity contribution in [2.45, 2.75) is 19.5 Å². The van der Waals surface area contributed by atoms with Crippen LogP contribution in [0.1, 0.15) is 23.7 Å². The van der Waals surface area contributed by atoms with E-state index in [0.29, 0.717) is 17.7 Å². The minimum Gasteiger partial charge on any atom is -0.330 e. The van der Waals surface area contributed by atoms with Gasteiger partial charge in [-0.05, 0) is 30.5 Å². The topological polar surface area (TPSA) is 62.5 Å². The van der Waals surface area contributed by atoms with Gasteiger partial charge in [0.15, 0.2) is 0 Å². The van der Waals surface area contributed by atoms with Crippen molar-refractivity contribution in [3.8, 4) is 16.3 Å². The lowest BCUT2D eigenvalue weighted by Gasteiger charge is -2.22. The Bertz CT molecular complexity index is 917. The van der Waals surface area contributed by atoms with Crippen LogP contribution in [-0.2, 0) is 0 Å². The Kier molecular flexibility index (Phi) is 4.53. The van der Waals surface area contributed by atoms with Gasteiger partial charge in [0.2, 0.25) is 0 Å². The number of hydrogen-bond donors (Lipinski definition) is 1. The summed E-state index contributed by atoms with van der Waals surface area (Å²) in [5.74, 6) is -0.135. The zero-order valence-corrected chi connectivity index (χ0v) is 15.2. The van der Waals surface area contributed by atoms with Crippen molar-refractivity contribution < 1.29 is 4.79 Å². The number of nitrogens with zero attached hydrogens (tertiary/aromatic N) is 4. The van der Waals surface area contributed by atoms with Crippen LogP contribution >= 0.6 is 11.3 Å². The lowest BCUT2D eigenvalue weighted by Crippen LogP contribution is -2.43. The quantitative estimate of drug-likeness (QED) is 0.754. The minimum absolute atomic E-state index is 0.108. The third-order valence-corrected chi connectivity index (χ3v) is 5.15. The summed E-state index contributed by atoms with van der Waals surface area (Å²) >= 11 is 1.57. The number of aromatic nitrogens is 2. The predicted molar refractivity (Wildman–Crippen MR) is 104 cm³/mol. The van der Waals surface area contributed by atoms with Gasteiger partial charge in [0.25, 0.3) is 5.91 Å². The highest BCUT2D eigenvalue weighted by molar-refractivity contribution is 7.13. The molecule has 0 bridgehead atoms. The molecule has 0 fully saturated rings. The summed E-state index contributed by atoms with van der Waals surface area (Å²) in [6.07, 6.45) is 4.23. The Morgan fingerprint density at radius 3 is 2.85 bits per heavy atom. The largest absolute Gasteiger partial charge is 0.330 e. The van der Waals surface area contributed by atoms with E-state index in [1.54, 1.807) is 22.2 Å². The van der Waals surface area contributed by atoms with Crippen molar-refractivity contribution >= 4 is 23.5 Å². The summed E-state index contributed by atoms with van der Waals surface area (Å²) in [5, 5.41) is 15.9. The van der Waals surface area contributed by atoms with Crippen molar-refractivity contribution in [2.75, 3.05) is 6.54 Å². The van der Waals surface area contributed by atoms with Gasteiger partial charge >= 0.3 is 0 Å². The van der Waals surface area contributed by atoms with Gasteiger partial charge in [-0.3, -0.25) is 9.80 Å². The van der Waals surface area contributed by atoms with Crippen LogP contribution in [0.2, 0.25) is 0 Å². The van der Waals surface area contributed by atoms with Crippen LogP contribution in [0.3, 0.4) is 0 Å². The molecule has 6 nitrogen and oxygen atoms in total. The monoisotopic (exact) mass is 365 g/mol. The molecule has 1 aliphatic heterocycles. The highest BCUT2D eigenvalue weighted by atomic mass is 32.1. The molecule has 7 heteroatoms. The van der Waals surface area contributed by atoms with Crippen molar-refractivity contribution in [1.29, 1.82) is 0 Å². The fourth-order valence-electron chi connectivity index (χ4n) is 2.97. The number of carbonyl (C=O) groups is 1. The third kappa shape index (κ3) is 3.13. The van der Waals surface area contributed by atoms with E-state index in [-0.39, 0.29) is 12.1 Å². The number of para-hydroxylation sites is 1. The molecule has 0 aliphatic carbocycles. The third-order valence-electron chi connectivity index (χ3n) is 4.27. The van der Waals surface area contributed by atoms with Crippen molar-refractivity contribution in [2.24, 2.45) is 5.10 Å². The molecule has 1 amide bonds. The molecule has 3 heterocycles. The number of hydrogen-bond acceptors (Lipinski definition) is 5. The fraction of sp³-hybridized carbons (Fsp3) is 0.211. The first-order chi connectivity index (χ1) is 12.8. The van der Waals surface area contributed by atoms with E-state index in [1.807, 2.05) is 66.0 Å². The van der Waals surface area contributed by atoms with Gasteiger partial charge in [-0.15, -0.1) is 11.3 Å². The molecule has 1 aromatic carbocycles. The number of carbonyl (C=O) groups excluding carboxylic acids is 1. The number of rotatable bonds is 5. The SMILES string of the molecule is CCN1N=CCC1NC(=O)c1cn(-c2ccccc2)nc1-c1cccs1. The average Bonchev–Trinajstić information content (AvgIpc) is 3.42. The molecule has 0 spiro atoms. The molecule has 3 aromatic rings. The van der Waals surface area contributed by atoms with Gasteiger partial charge in [-0.1, -0.05) is 24.3 Å². The Balaban J connectivity index is 1.68. The van der Waals surface area contributed by atoms with E-state index in [1.165, 1.54) is 0 Å². The van der Waals surface area contributed by atoms with Crippen molar-refractivity contribution in [3.05, 3.63) is 59.6 Å². The summed E-state index contributed by atoms with van der Waals surface area (Å²) in [5.41, 5.74) is 2.19. The second-order valence-corrected chi connectivity index (χ2v) is 6.88. The standard InChI is InChI=1S/C19H19N5OS/c1-2-23-17(10-11-20-23)21-19(25)15-13-24(14-7-4-3-5-8-14)22-18(15)16-9-6-12-26-16/h3-9,11-13,17H,2,10H2,1H3,(H,21,25). The lowest BCUT2D eigenvalue weighted by molar-refractivity contribution is 0.0879. The number of nitrogens with one attached hydrogen (secondary N) is 1. The molecule has 0 radical (unpaired) electrons. The summed E-state index contributed by atoms with van der Waals surface area (Å²) in [4.78, 5) is 14.0. The number of amides is 1. The molecule has 26 heavy (non-hydrogen) atoms. The smallest absolute Gasteiger partial charge is 0.256 e. The van der Waals surface area contributed by atoms with E-state index >= 15 is 0 Å². The zero-order chi connectivity index (χ0) is 17.9. The van der Waals surface area contributed by atoms with E-state index < -0.39 is 0 Å². The van der Waals surface area contributed by atoms with Gasteiger partial charge in [0.05, 0.1) is 16.1 Å². The first-order valence-electron chi connectivity index (χ1n) is 8.55. The van der Waals surface area contributed by atoms with Gasteiger partial charge in [-0.2, -0.15) is 10.2 Å². The summed E-state index contributed by atoms with van der Waals surface area (Å²) in [6.45, 7) is 2.77. The maximum Gasteiger partial charge on any atom is 0.256 e. The Hall–Kier alpha value is -2.93. The molecule has 2 aromatic heterocycles. The summed E-state index contributed by atoms with van der Waals surface area (Å²) in [6, 6.07) is 13.8. The van der Waals surface area contributed by atoms with E-state index in [9.17, 15) is 4.79 Å². The minimum atomic E-state index is -0.135. The number of benzene rings is 1. The van der Waals surface area contributed by atoms with E-state index in [4.69, 9.17) is 0 Å². The molecular formula is C19H19N5OS. The van der Waals surface area contributed by atoms with Crippen LogP contribution in [0.5, 0.6) is 0 Å². The van der Waals surface area contributed by atoms with Crippen LogP contribution < -0.4 is 5.32 Å². The number of hydrazone groups is 1. The summed E-state index contributed by atoms with van der Waals surface area (Å²) < 4.78 is 1.76. The van der Waals surface area contributed by atoms with Gasteiger partial charge in [0, 0.05) is 25.4 Å². The normalized spacial score (nSPS) is 16.2. The molecule has 1 unspecified atom stereocenters. The fourth-order valence-corrected chi connectivity index (χ4v) is 3.69. The average molecular weight is 365 g/mol. The molecule has 0 saturated carbocycles. The van der Waals surface area contributed by atoms with Crippen LogP contribution in [0, 0.1) is 0 Å². The molecule has 1 aliphatic rings. The molecule has 4 rings (SSSR count). The van der Waals surface area contributed by atoms with Crippen LogP contribution in [0.15, 0.2) is 59.1 Å². The highest BCUT2D eigenvalue weighted by Gasteiger charge is 2.25. The van der Waals surface area contributed by atoms with E-state index in [2.05, 4.69) is 15.5 Å².